The van der Waals surface area contributed by atoms with Crippen molar-refractivity contribution >= 4 is 12.3 Å². The van der Waals surface area contributed by atoms with Gasteiger partial charge in [0.15, 0.2) is 6.10 Å². The SMILES string of the molecule is O=CCCC(=O)OC1COC2C(O)COC12. The maximum Gasteiger partial charge on any atom is 0.306 e. The van der Waals surface area contributed by atoms with E-state index in [2.05, 4.69) is 0 Å². The summed E-state index contributed by atoms with van der Waals surface area (Å²) in [4.78, 5) is 21.4. The van der Waals surface area contributed by atoms with E-state index >= 15 is 0 Å². The molecule has 2 aliphatic heterocycles. The fraction of sp³-hybridized carbons (Fsp3) is 0.800. The Morgan fingerprint density at radius 2 is 2.12 bits per heavy atom. The molecule has 1 N–H and O–H groups in total. The van der Waals surface area contributed by atoms with Crippen molar-refractivity contribution < 1.29 is 28.9 Å². The van der Waals surface area contributed by atoms with Crippen LogP contribution in [0.3, 0.4) is 0 Å². The normalized spacial score (nSPS) is 37.1. The van der Waals surface area contributed by atoms with Crippen molar-refractivity contribution in [1.82, 2.24) is 0 Å². The molecule has 4 unspecified atom stereocenters. The second kappa shape index (κ2) is 4.90. The number of hydrogen-bond acceptors (Lipinski definition) is 6. The fourth-order valence-corrected chi connectivity index (χ4v) is 1.95. The maximum atomic E-state index is 11.3. The van der Waals surface area contributed by atoms with Crippen molar-refractivity contribution in [3.8, 4) is 0 Å². The molecule has 0 radical (unpaired) electrons. The van der Waals surface area contributed by atoms with E-state index in [0.29, 0.717) is 6.29 Å². The summed E-state index contributed by atoms with van der Waals surface area (Å²) in [6.45, 7) is 0.441. The third-order valence-corrected chi connectivity index (χ3v) is 2.73. The maximum absolute atomic E-state index is 11.3. The number of rotatable bonds is 4. The van der Waals surface area contributed by atoms with E-state index in [1.807, 2.05) is 0 Å². The molecule has 0 bridgehead atoms. The van der Waals surface area contributed by atoms with Gasteiger partial charge in [-0.25, -0.2) is 0 Å². The van der Waals surface area contributed by atoms with Crippen molar-refractivity contribution in [3.63, 3.8) is 0 Å². The number of esters is 1. The topological polar surface area (TPSA) is 82.1 Å². The third kappa shape index (κ3) is 2.23. The van der Waals surface area contributed by atoms with Gasteiger partial charge < -0.3 is 24.1 Å². The highest BCUT2D eigenvalue weighted by Gasteiger charge is 2.48. The van der Waals surface area contributed by atoms with Crippen LogP contribution in [0.5, 0.6) is 0 Å². The van der Waals surface area contributed by atoms with Crippen LogP contribution in [-0.2, 0) is 23.8 Å². The molecule has 2 heterocycles. The van der Waals surface area contributed by atoms with Gasteiger partial charge in [-0.05, 0) is 0 Å². The molecule has 6 nitrogen and oxygen atoms in total. The average Bonchev–Trinajstić information content (AvgIpc) is 2.81. The molecule has 0 aromatic rings. The Morgan fingerprint density at radius 1 is 1.38 bits per heavy atom. The Bertz CT molecular complexity index is 278. The van der Waals surface area contributed by atoms with Gasteiger partial charge in [-0.3, -0.25) is 4.79 Å². The van der Waals surface area contributed by atoms with Gasteiger partial charge >= 0.3 is 5.97 Å². The monoisotopic (exact) mass is 230 g/mol. The van der Waals surface area contributed by atoms with Gasteiger partial charge in [-0.15, -0.1) is 0 Å². The van der Waals surface area contributed by atoms with Gasteiger partial charge in [0.2, 0.25) is 0 Å². The first kappa shape index (κ1) is 11.5. The summed E-state index contributed by atoms with van der Waals surface area (Å²) in [6, 6.07) is 0. The number of aliphatic hydroxyl groups excluding tert-OH is 1. The number of aldehydes is 1. The first-order valence-corrected chi connectivity index (χ1v) is 5.26. The highest BCUT2D eigenvalue weighted by Crippen LogP contribution is 2.28. The van der Waals surface area contributed by atoms with E-state index < -0.39 is 24.3 Å². The van der Waals surface area contributed by atoms with E-state index in [-0.39, 0.29) is 32.2 Å². The molecule has 90 valence electrons. The summed E-state index contributed by atoms with van der Waals surface area (Å²) in [5.41, 5.74) is 0. The van der Waals surface area contributed by atoms with E-state index in [9.17, 15) is 14.7 Å². The minimum absolute atomic E-state index is 0.0694. The van der Waals surface area contributed by atoms with Crippen LogP contribution < -0.4 is 0 Å². The van der Waals surface area contributed by atoms with Crippen molar-refractivity contribution in [2.75, 3.05) is 13.2 Å². The molecule has 0 saturated carbocycles. The lowest BCUT2D eigenvalue weighted by Crippen LogP contribution is -2.34. The standard InChI is InChI=1S/C10H14O6/c11-3-1-2-8(13)16-7-5-15-9-6(12)4-14-10(7)9/h3,6-7,9-10,12H,1-2,4-5H2. The number of ether oxygens (including phenoxy) is 3. The van der Waals surface area contributed by atoms with E-state index in [1.54, 1.807) is 0 Å². The molecular formula is C10H14O6. The molecule has 2 rings (SSSR count). The first-order chi connectivity index (χ1) is 7.72. The van der Waals surface area contributed by atoms with Gasteiger partial charge in [0.05, 0.1) is 19.6 Å². The van der Waals surface area contributed by atoms with Crippen LogP contribution in [0.15, 0.2) is 0 Å². The van der Waals surface area contributed by atoms with E-state index in [1.165, 1.54) is 0 Å². The predicted molar refractivity (Wildman–Crippen MR) is 50.7 cm³/mol. The van der Waals surface area contributed by atoms with Gasteiger partial charge in [0, 0.05) is 6.42 Å². The smallest absolute Gasteiger partial charge is 0.306 e. The molecule has 0 spiro atoms. The second-order valence-electron chi connectivity index (χ2n) is 3.90. The quantitative estimate of drug-likeness (QED) is 0.494. The van der Waals surface area contributed by atoms with E-state index in [0.717, 1.165) is 0 Å². The molecule has 0 aromatic carbocycles. The number of fused-ring (bicyclic) bond motifs is 1. The third-order valence-electron chi connectivity index (χ3n) is 2.73. The second-order valence-corrected chi connectivity index (χ2v) is 3.90. The lowest BCUT2D eigenvalue weighted by molar-refractivity contribution is -0.154. The lowest BCUT2D eigenvalue weighted by Gasteiger charge is -2.16. The summed E-state index contributed by atoms with van der Waals surface area (Å²) in [5, 5.41) is 9.46. The van der Waals surface area contributed by atoms with Crippen molar-refractivity contribution in [2.45, 2.75) is 37.3 Å². The molecule has 2 saturated heterocycles. The summed E-state index contributed by atoms with van der Waals surface area (Å²) in [5.74, 6) is -0.439. The zero-order chi connectivity index (χ0) is 11.5. The van der Waals surface area contributed by atoms with Crippen molar-refractivity contribution in [3.05, 3.63) is 0 Å². The molecule has 4 atom stereocenters. The highest BCUT2D eigenvalue weighted by molar-refractivity contribution is 5.72. The fourth-order valence-electron chi connectivity index (χ4n) is 1.95. The van der Waals surface area contributed by atoms with Crippen LogP contribution in [0.2, 0.25) is 0 Å². The Kier molecular flexibility index (Phi) is 3.52. The Hall–Kier alpha value is -0.980. The van der Waals surface area contributed by atoms with E-state index in [4.69, 9.17) is 14.2 Å². The average molecular weight is 230 g/mol. The summed E-state index contributed by atoms with van der Waals surface area (Å²) >= 11 is 0. The van der Waals surface area contributed by atoms with Crippen LogP contribution in [-0.4, -0.2) is 55.0 Å². The zero-order valence-corrected chi connectivity index (χ0v) is 8.70. The zero-order valence-electron chi connectivity index (χ0n) is 8.70. The molecule has 2 aliphatic rings. The molecule has 0 aliphatic carbocycles. The number of hydrogen-bond donors (Lipinski definition) is 1. The van der Waals surface area contributed by atoms with Gasteiger partial charge in [-0.1, -0.05) is 0 Å². The molecule has 0 amide bonds. The predicted octanol–water partition coefficient (Wildman–Crippen LogP) is -0.964. The summed E-state index contributed by atoms with van der Waals surface area (Å²) < 4.78 is 15.7. The van der Waals surface area contributed by atoms with Gasteiger partial charge in [0.25, 0.3) is 0 Å². The summed E-state index contributed by atoms with van der Waals surface area (Å²) in [7, 11) is 0. The van der Waals surface area contributed by atoms with Crippen molar-refractivity contribution in [1.29, 1.82) is 0 Å². The van der Waals surface area contributed by atoms with Crippen LogP contribution in [0.4, 0.5) is 0 Å². The van der Waals surface area contributed by atoms with Gasteiger partial charge in [0.1, 0.15) is 24.6 Å². The Labute approximate surface area is 92.5 Å². The molecule has 2 fully saturated rings. The largest absolute Gasteiger partial charge is 0.457 e. The molecule has 6 heteroatoms. The van der Waals surface area contributed by atoms with Gasteiger partial charge in [-0.2, -0.15) is 0 Å². The minimum atomic E-state index is -0.649. The number of carbonyl (C=O) groups is 2. The Balaban J connectivity index is 1.83. The molecule has 0 aromatic heterocycles. The highest BCUT2D eigenvalue weighted by atomic mass is 16.6. The lowest BCUT2D eigenvalue weighted by atomic mass is 10.1. The molecular weight excluding hydrogens is 216 g/mol. The summed E-state index contributed by atoms with van der Waals surface area (Å²) in [6.07, 6.45) is -1.00. The number of aliphatic hydroxyl groups is 1. The molecule has 16 heavy (non-hydrogen) atoms. The minimum Gasteiger partial charge on any atom is -0.457 e. The van der Waals surface area contributed by atoms with Crippen molar-refractivity contribution in [2.24, 2.45) is 0 Å². The Morgan fingerprint density at radius 3 is 2.88 bits per heavy atom. The number of carbonyl (C=O) groups excluding carboxylic acids is 2. The van der Waals surface area contributed by atoms with Crippen LogP contribution in [0, 0.1) is 0 Å². The first-order valence-electron chi connectivity index (χ1n) is 5.26. The van der Waals surface area contributed by atoms with Crippen LogP contribution >= 0.6 is 0 Å². The van der Waals surface area contributed by atoms with Crippen LogP contribution in [0.1, 0.15) is 12.8 Å². The van der Waals surface area contributed by atoms with Crippen LogP contribution in [0.25, 0.3) is 0 Å².